The first-order chi connectivity index (χ1) is 6.15. The summed E-state index contributed by atoms with van der Waals surface area (Å²) in [6.07, 6.45) is 0. The van der Waals surface area contributed by atoms with Crippen molar-refractivity contribution in [2.45, 2.75) is 24.8 Å². The molecule has 0 amide bonds. The first-order valence-electron chi connectivity index (χ1n) is 4.33. The van der Waals surface area contributed by atoms with Crippen LogP contribution in [0.1, 0.15) is 25.5 Å². The molecule has 0 aliphatic rings. The maximum Gasteiger partial charge on any atom is 0.0545 e. The smallest absolute Gasteiger partial charge is 0.0545 e. The van der Waals surface area contributed by atoms with Crippen molar-refractivity contribution in [2.75, 3.05) is 5.75 Å². The van der Waals surface area contributed by atoms with Crippen LogP contribution >= 0.6 is 23.4 Å². The van der Waals surface area contributed by atoms with E-state index in [2.05, 4.69) is 6.92 Å². The Hall–Kier alpha value is -0.180. The van der Waals surface area contributed by atoms with Gasteiger partial charge in [0.15, 0.2) is 0 Å². The lowest BCUT2D eigenvalue weighted by Crippen LogP contribution is -2.04. The predicted octanol–water partition coefficient (Wildman–Crippen LogP) is 3.47. The lowest BCUT2D eigenvalue weighted by molar-refractivity contribution is 0.817. The summed E-state index contributed by atoms with van der Waals surface area (Å²) in [5.74, 6) is 1.04. The summed E-state index contributed by atoms with van der Waals surface area (Å²) in [6, 6.07) is 6.08. The van der Waals surface area contributed by atoms with Crippen LogP contribution < -0.4 is 5.73 Å². The predicted molar refractivity (Wildman–Crippen MR) is 60.5 cm³/mol. The van der Waals surface area contributed by atoms with Gasteiger partial charge >= 0.3 is 0 Å². The Balaban J connectivity index is 2.92. The van der Waals surface area contributed by atoms with Crippen molar-refractivity contribution in [2.24, 2.45) is 5.73 Å². The minimum atomic E-state index is 0.0539. The molecule has 0 fully saturated rings. The molecule has 3 heteroatoms. The molecule has 0 bridgehead atoms. The highest BCUT2D eigenvalue weighted by Gasteiger charge is 2.04. The highest BCUT2D eigenvalue weighted by atomic mass is 35.5. The van der Waals surface area contributed by atoms with Crippen LogP contribution in [-0.2, 0) is 0 Å². The summed E-state index contributed by atoms with van der Waals surface area (Å²) < 4.78 is 0. The standard InChI is InChI=1S/C10H14ClNS/c1-3-13-10-5-4-8(7(2)12)6-9(10)11/h4-7H,3,12H2,1-2H3/t7-/m0/s1. The Kier molecular flexibility index (Phi) is 4.10. The summed E-state index contributed by atoms with van der Waals surface area (Å²) in [7, 11) is 0. The molecule has 1 aromatic carbocycles. The minimum Gasteiger partial charge on any atom is -0.324 e. The minimum absolute atomic E-state index is 0.0539. The largest absolute Gasteiger partial charge is 0.324 e. The van der Waals surface area contributed by atoms with Gasteiger partial charge in [0.25, 0.3) is 0 Å². The lowest BCUT2D eigenvalue weighted by atomic mass is 10.1. The Morgan fingerprint density at radius 2 is 2.23 bits per heavy atom. The van der Waals surface area contributed by atoms with E-state index in [1.54, 1.807) is 11.8 Å². The van der Waals surface area contributed by atoms with Gasteiger partial charge in [0.2, 0.25) is 0 Å². The second kappa shape index (κ2) is 4.89. The van der Waals surface area contributed by atoms with Gasteiger partial charge in [0.05, 0.1) is 5.02 Å². The van der Waals surface area contributed by atoms with Crippen molar-refractivity contribution in [1.82, 2.24) is 0 Å². The fraction of sp³-hybridized carbons (Fsp3) is 0.400. The molecule has 0 aliphatic heterocycles. The van der Waals surface area contributed by atoms with E-state index < -0.39 is 0 Å². The van der Waals surface area contributed by atoms with E-state index >= 15 is 0 Å². The zero-order chi connectivity index (χ0) is 9.84. The maximum absolute atomic E-state index is 6.08. The summed E-state index contributed by atoms with van der Waals surface area (Å²) in [5, 5.41) is 0.807. The monoisotopic (exact) mass is 215 g/mol. The molecule has 0 saturated carbocycles. The third kappa shape index (κ3) is 2.90. The number of hydrogen-bond acceptors (Lipinski definition) is 2. The van der Waals surface area contributed by atoms with Crippen molar-refractivity contribution in [3.8, 4) is 0 Å². The van der Waals surface area contributed by atoms with Gasteiger partial charge in [-0.25, -0.2) is 0 Å². The molecule has 0 unspecified atom stereocenters. The quantitative estimate of drug-likeness (QED) is 0.782. The van der Waals surface area contributed by atoms with Crippen molar-refractivity contribution in [3.05, 3.63) is 28.8 Å². The molecule has 13 heavy (non-hydrogen) atoms. The third-order valence-corrected chi connectivity index (χ3v) is 3.16. The SMILES string of the molecule is CCSc1ccc([C@H](C)N)cc1Cl. The summed E-state index contributed by atoms with van der Waals surface area (Å²) in [4.78, 5) is 1.13. The number of thioether (sulfide) groups is 1. The van der Waals surface area contributed by atoms with Crippen LogP contribution in [0.5, 0.6) is 0 Å². The molecule has 2 N–H and O–H groups in total. The number of rotatable bonds is 3. The van der Waals surface area contributed by atoms with E-state index in [4.69, 9.17) is 17.3 Å². The molecular weight excluding hydrogens is 202 g/mol. The normalized spacial score (nSPS) is 12.9. The van der Waals surface area contributed by atoms with Gasteiger partial charge in [-0.05, 0) is 30.4 Å². The van der Waals surface area contributed by atoms with Gasteiger partial charge in [-0.1, -0.05) is 24.6 Å². The molecule has 0 aliphatic carbocycles. The van der Waals surface area contributed by atoms with Gasteiger partial charge < -0.3 is 5.73 Å². The van der Waals surface area contributed by atoms with E-state index in [9.17, 15) is 0 Å². The van der Waals surface area contributed by atoms with Gasteiger partial charge in [-0.3, -0.25) is 0 Å². The van der Waals surface area contributed by atoms with Gasteiger partial charge in [0, 0.05) is 10.9 Å². The molecule has 0 aromatic heterocycles. The number of halogens is 1. The first kappa shape index (κ1) is 10.9. The Morgan fingerprint density at radius 1 is 1.54 bits per heavy atom. The van der Waals surface area contributed by atoms with E-state index in [0.717, 1.165) is 21.2 Å². The zero-order valence-electron chi connectivity index (χ0n) is 7.88. The van der Waals surface area contributed by atoms with Crippen LogP contribution in [0.3, 0.4) is 0 Å². The van der Waals surface area contributed by atoms with E-state index in [1.807, 2.05) is 25.1 Å². The highest BCUT2D eigenvalue weighted by Crippen LogP contribution is 2.28. The third-order valence-electron chi connectivity index (χ3n) is 1.78. The van der Waals surface area contributed by atoms with Gasteiger partial charge in [-0.2, -0.15) is 0 Å². The van der Waals surface area contributed by atoms with Gasteiger partial charge in [-0.15, -0.1) is 11.8 Å². The molecule has 1 rings (SSSR count). The number of benzene rings is 1. The van der Waals surface area contributed by atoms with Crippen LogP contribution in [0.15, 0.2) is 23.1 Å². The van der Waals surface area contributed by atoms with E-state index in [1.165, 1.54) is 0 Å². The molecule has 0 radical (unpaired) electrons. The van der Waals surface area contributed by atoms with Crippen LogP contribution in [0.25, 0.3) is 0 Å². The molecule has 1 nitrogen and oxygen atoms in total. The maximum atomic E-state index is 6.08. The lowest BCUT2D eigenvalue weighted by Gasteiger charge is -2.08. The number of nitrogens with two attached hydrogens (primary N) is 1. The van der Waals surface area contributed by atoms with E-state index in [-0.39, 0.29) is 6.04 Å². The highest BCUT2D eigenvalue weighted by molar-refractivity contribution is 7.99. The molecule has 72 valence electrons. The van der Waals surface area contributed by atoms with Crippen LogP contribution in [0, 0.1) is 0 Å². The zero-order valence-corrected chi connectivity index (χ0v) is 9.45. The second-order valence-electron chi connectivity index (χ2n) is 2.91. The average Bonchev–Trinajstić information content (AvgIpc) is 2.08. The summed E-state index contributed by atoms with van der Waals surface area (Å²) in [6.45, 7) is 4.07. The summed E-state index contributed by atoms with van der Waals surface area (Å²) in [5.41, 5.74) is 6.83. The molecule has 0 spiro atoms. The Morgan fingerprint density at radius 3 is 2.69 bits per heavy atom. The van der Waals surface area contributed by atoms with Crippen LogP contribution in [-0.4, -0.2) is 5.75 Å². The number of hydrogen-bond donors (Lipinski definition) is 1. The first-order valence-corrected chi connectivity index (χ1v) is 5.69. The molecule has 0 saturated heterocycles. The fourth-order valence-corrected chi connectivity index (χ4v) is 2.10. The van der Waals surface area contributed by atoms with Gasteiger partial charge in [0.1, 0.15) is 0 Å². The van der Waals surface area contributed by atoms with Crippen molar-refractivity contribution in [1.29, 1.82) is 0 Å². The van der Waals surface area contributed by atoms with Crippen molar-refractivity contribution in [3.63, 3.8) is 0 Å². The average molecular weight is 216 g/mol. The van der Waals surface area contributed by atoms with Crippen LogP contribution in [0.4, 0.5) is 0 Å². The van der Waals surface area contributed by atoms with Crippen LogP contribution in [0.2, 0.25) is 5.02 Å². The Labute approximate surface area is 88.7 Å². The topological polar surface area (TPSA) is 26.0 Å². The Bertz CT molecular complexity index is 286. The second-order valence-corrected chi connectivity index (χ2v) is 4.62. The molecular formula is C10H14ClNS. The van der Waals surface area contributed by atoms with E-state index in [0.29, 0.717) is 0 Å². The fourth-order valence-electron chi connectivity index (χ4n) is 1.07. The molecule has 0 heterocycles. The van der Waals surface area contributed by atoms with Crippen molar-refractivity contribution >= 4 is 23.4 Å². The molecule has 1 atom stereocenters. The molecule has 1 aromatic rings. The van der Waals surface area contributed by atoms with Crippen molar-refractivity contribution < 1.29 is 0 Å². The summed E-state index contributed by atoms with van der Waals surface area (Å²) >= 11 is 7.83.